The van der Waals surface area contributed by atoms with Crippen LogP contribution < -0.4 is 0 Å². The molecule has 0 aromatic carbocycles. The maximum atomic E-state index is 12.3. The molecule has 0 aromatic heterocycles. The van der Waals surface area contributed by atoms with E-state index in [0.717, 1.165) is 25.7 Å². The molecule has 2 aliphatic rings. The van der Waals surface area contributed by atoms with Gasteiger partial charge in [-0.2, -0.15) is 0 Å². The summed E-state index contributed by atoms with van der Waals surface area (Å²) in [6, 6.07) is -0.176. The average Bonchev–Trinajstić information content (AvgIpc) is 2.62. The zero-order valence-corrected chi connectivity index (χ0v) is 11.3. The summed E-state index contributed by atoms with van der Waals surface area (Å²) in [4.78, 5) is 36.4. The quantitative estimate of drug-likeness (QED) is 0.771. The Hall–Kier alpha value is -1.39. The zero-order chi connectivity index (χ0) is 14.0. The summed E-state index contributed by atoms with van der Waals surface area (Å²) >= 11 is 0. The van der Waals surface area contributed by atoms with E-state index < -0.39 is 5.97 Å². The van der Waals surface area contributed by atoms with Gasteiger partial charge in [-0.25, -0.2) is 0 Å². The smallest absolute Gasteiger partial charge is 0.303 e. The Kier molecular flexibility index (Phi) is 4.22. The SMILES string of the molecule is CC(CCCC(=O)O)N1C(=O)C2CCCCC2C1=O. The number of nitrogens with zero attached hydrogens (tertiary/aromatic N) is 1. The fourth-order valence-corrected chi connectivity index (χ4v) is 3.30. The first-order chi connectivity index (χ1) is 9.02. The van der Waals surface area contributed by atoms with Crippen molar-refractivity contribution in [3.63, 3.8) is 0 Å². The minimum absolute atomic E-state index is 0.0301. The van der Waals surface area contributed by atoms with Gasteiger partial charge >= 0.3 is 5.97 Å². The van der Waals surface area contributed by atoms with Crippen molar-refractivity contribution in [1.82, 2.24) is 4.90 Å². The molecule has 3 unspecified atom stereocenters. The van der Waals surface area contributed by atoms with E-state index >= 15 is 0 Å². The van der Waals surface area contributed by atoms with Crippen molar-refractivity contribution >= 4 is 17.8 Å². The van der Waals surface area contributed by atoms with Gasteiger partial charge in [-0.1, -0.05) is 12.8 Å². The third kappa shape index (κ3) is 2.80. The number of aliphatic carboxylic acids is 1. The lowest BCUT2D eigenvalue weighted by atomic mass is 9.81. The van der Waals surface area contributed by atoms with Crippen molar-refractivity contribution < 1.29 is 19.5 Å². The van der Waals surface area contributed by atoms with Gasteiger partial charge in [0, 0.05) is 12.5 Å². The van der Waals surface area contributed by atoms with Gasteiger partial charge in [-0.05, 0) is 32.6 Å². The second-order valence-corrected chi connectivity index (χ2v) is 5.68. The van der Waals surface area contributed by atoms with Crippen molar-refractivity contribution in [3.8, 4) is 0 Å². The first kappa shape index (κ1) is 14.0. The Bertz CT molecular complexity index is 369. The van der Waals surface area contributed by atoms with Crippen LogP contribution in [0.3, 0.4) is 0 Å². The monoisotopic (exact) mass is 267 g/mol. The summed E-state index contributed by atoms with van der Waals surface area (Å²) in [5.74, 6) is -1.11. The van der Waals surface area contributed by atoms with E-state index in [9.17, 15) is 14.4 Å². The van der Waals surface area contributed by atoms with Gasteiger partial charge in [0.2, 0.25) is 11.8 Å². The van der Waals surface area contributed by atoms with Crippen LogP contribution in [0.1, 0.15) is 51.9 Å². The van der Waals surface area contributed by atoms with Crippen LogP contribution in [0, 0.1) is 11.8 Å². The third-order valence-electron chi connectivity index (χ3n) is 4.33. The highest BCUT2D eigenvalue weighted by Gasteiger charge is 2.49. The molecule has 0 bridgehead atoms. The molecule has 106 valence electrons. The van der Waals surface area contributed by atoms with E-state index in [1.54, 1.807) is 0 Å². The van der Waals surface area contributed by atoms with Crippen LogP contribution in [0.2, 0.25) is 0 Å². The van der Waals surface area contributed by atoms with E-state index in [2.05, 4.69) is 0 Å². The summed E-state index contributed by atoms with van der Waals surface area (Å²) in [5, 5.41) is 8.62. The van der Waals surface area contributed by atoms with Crippen LogP contribution in [0.5, 0.6) is 0 Å². The lowest BCUT2D eigenvalue weighted by molar-refractivity contribution is -0.142. The molecule has 1 N–H and O–H groups in total. The fraction of sp³-hybridized carbons (Fsp3) is 0.786. The first-order valence-corrected chi connectivity index (χ1v) is 7.11. The Balaban J connectivity index is 1.97. The molecule has 1 saturated carbocycles. The van der Waals surface area contributed by atoms with Crippen LogP contribution in [0.4, 0.5) is 0 Å². The number of likely N-dealkylation sites (tertiary alicyclic amines) is 1. The van der Waals surface area contributed by atoms with E-state index in [1.165, 1.54) is 4.90 Å². The molecule has 2 amide bonds. The number of carboxylic acid groups (broad SMARTS) is 1. The molecule has 5 nitrogen and oxygen atoms in total. The number of carbonyl (C=O) groups excluding carboxylic acids is 2. The van der Waals surface area contributed by atoms with Crippen molar-refractivity contribution in [2.45, 2.75) is 57.9 Å². The highest BCUT2D eigenvalue weighted by atomic mass is 16.4. The number of imide groups is 1. The predicted molar refractivity (Wildman–Crippen MR) is 68.2 cm³/mol. The molecule has 1 aliphatic carbocycles. The van der Waals surface area contributed by atoms with E-state index in [4.69, 9.17) is 5.11 Å². The van der Waals surface area contributed by atoms with Gasteiger partial charge in [-0.3, -0.25) is 19.3 Å². The van der Waals surface area contributed by atoms with Crippen LogP contribution in [-0.4, -0.2) is 33.8 Å². The molecule has 0 spiro atoms. The number of hydrogen-bond acceptors (Lipinski definition) is 3. The molecule has 0 aromatic rings. The minimum atomic E-state index is -0.833. The van der Waals surface area contributed by atoms with Crippen LogP contribution in [-0.2, 0) is 14.4 Å². The minimum Gasteiger partial charge on any atom is -0.481 e. The third-order valence-corrected chi connectivity index (χ3v) is 4.33. The first-order valence-electron chi connectivity index (χ1n) is 7.11. The maximum absolute atomic E-state index is 12.3. The van der Waals surface area contributed by atoms with Crippen molar-refractivity contribution in [3.05, 3.63) is 0 Å². The lowest BCUT2D eigenvalue weighted by Crippen LogP contribution is -2.39. The molecule has 0 radical (unpaired) electrons. The van der Waals surface area contributed by atoms with Crippen LogP contribution >= 0.6 is 0 Å². The number of fused-ring (bicyclic) bond motifs is 1. The molecule has 1 aliphatic heterocycles. The standard InChI is InChI=1S/C14H21NO4/c1-9(5-4-8-12(16)17)15-13(18)10-6-2-3-7-11(10)14(15)19/h9-11H,2-8H2,1H3,(H,16,17). The second-order valence-electron chi connectivity index (χ2n) is 5.68. The summed E-state index contributed by atoms with van der Waals surface area (Å²) in [7, 11) is 0. The molecule has 1 heterocycles. The summed E-state index contributed by atoms with van der Waals surface area (Å²) < 4.78 is 0. The topological polar surface area (TPSA) is 74.7 Å². The number of carboxylic acids is 1. The van der Waals surface area contributed by atoms with Gasteiger partial charge in [-0.15, -0.1) is 0 Å². The Morgan fingerprint density at radius 1 is 1.26 bits per heavy atom. The number of rotatable bonds is 5. The van der Waals surface area contributed by atoms with Crippen molar-refractivity contribution in [2.24, 2.45) is 11.8 Å². The van der Waals surface area contributed by atoms with Gasteiger partial charge in [0.05, 0.1) is 11.8 Å². The summed E-state index contributed by atoms with van der Waals surface area (Å²) in [6.45, 7) is 1.84. The molecule has 5 heteroatoms. The Morgan fingerprint density at radius 2 is 1.79 bits per heavy atom. The number of hydrogen-bond donors (Lipinski definition) is 1. The zero-order valence-electron chi connectivity index (χ0n) is 11.3. The Morgan fingerprint density at radius 3 is 2.26 bits per heavy atom. The van der Waals surface area contributed by atoms with Crippen LogP contribution in [0.25, 0.3) is 0 Å². The highest BCUT2D eigenvalue weighted by Crippen LogP contribution is 2.39. The van der Waals surface area contributed by atoms with Crippen molar-refractivity contribution in [2.75, 3.05) is 0 Å². The largest absolute Gasteiger partial charge is 0.481 e. The van der Waals surface area contributed by atoms with Gasteiger partial charge in [0.15, 0.2) is 0 Å². The normalized spacial score (nSPS) is 28.4. The van der Waals surface area contributed by atoms with Gasteiger partial charge in [0.25, 0.3) is 0 Å². The van der Waals surface area contributed by atoms with Gasteiger partial charge < -0.3 is 5.11 Å². The predicted octanol–water partition coefficient (Wildman–Crippen LogP) is 1.80. The van der Waals surface area contributed by atoms with Crippen molar-refractivity contribution in [1.29, 1.82) is 0 Å². The second kappa shape index (κ2) is 5.72. The average molecular weight is 267 g/mol. The molecule has 3 atom stereocenters. The molecule has 2 fully saturated rings. The maximum Gasteiger partial charge on any atom is 0.303 e. The molecular formula is C14H21NO4. The summed E-state index contributed by atoms with van der Waals surface area (Å²) in [5.41, 5.74) is 0. The van der Waals surface area contributed by atoms with Crippen LogP contribution in [0.15, 0.2) is 0 Å². The molecule has 1 saturated heterocycles. The molecular weight excluding hydrogens is 246 g/mol. The Labute approximate surface area is 113 Å². The molecule has 2 rings (SSSR count). The van der Waals surface area contributed by atoms with Gasteiger partial charge in [0.1, 0.15) is 0 Å². The fourth-order valence-electron chi connectivity index (χ4n) is 3.30. The van der Waals surface area contributed by atoms with E-state index in [1.807, 2.05) is 6.92 Å². The van der Waals surface area contributed by atoms with E-state index in [0.29, 0.717) is 12.8 Å². The number of carbonyl (C=O) groups is 3. The summed E-state index contributed by atoms with van der Waals surface area (Å²) in [6.07, 6.45) is 4.88. The van der Waals surface area contributed by atoms with E-state index in [-0.39, 0.29) is 36.1 Å². The highest BCUT2D eigenvalue weighted by molar-refractivity contribution is 6.05. The number of amides is 2. The molecule has 19 heavy (non-hydrogen) atoms. The lowest BCUT2D eigenvalue weighted by Gasteiger charge is -2.22.